The average Bonchev–Trinajstić information content (AvgIpc) is 2.83. The van der Waals surface area contributed by atoms with Gasteiger partial charge in [-0.25, -0.2) is 4.98 Å². The van der Waals surface area contributed by atoms with Gasteiger partial charge in [-0.05, 0) is 43.7 Å². The molecule has 5 nitrogen and oxygen atoms in total. The lowest BCUT2D eigenvalue weighted by atomic mass is 10.1. The summed E-state index contributed by atoms with van der Waals surface area (Å²) in [5, 5.41) is 12.7. The van der Waals surface area contributed by atoms with Crippen LogP contribution in [0.4, 0.5) is 5.95 Å². The van der Waals surface area contributed by atoms with E-state index in [0.717, 1.165) is 16.6 Å². The van der Waals surface area contributed by atoms with Crippen LogP contribution >= 0.6 is 0 Å². The van der Waals surface area contributed by atoms with Crippen LogP contribution in [0.1, 0.15) is 22.8 Å². The van der Waals surface area contributed by atoms with Gasteiger partial charge in [-0.1, -0.05) is 18.2 Å². The quantitative estimate of drug-likeness (QED) is 0.779. The van der Waals surface area contributed by atoms with Crippen LogP contribution in [0.2, 0.25) is 0 Å². The highest BCUT2D eigenvalue weighted by atomic mass is 16.3. The van der Waals surface area contributed by atoms with Crippen molar-refractivity contribution in [2.24, 2.45) is 0 Å². The molecular formula is C17H17N3O2. The van der Waals surface area contributed by atoms with Crippen molar-refractivity contribution in [1.82, 2.24) is 9.55 Å². The maximum atomic E-state index is 12.4. The van der Waals surface area contributed by atoms with Crippen molar-refractivity contribution < 1.29 is 9.90 Å². The van der Waals surface area contributed by atoms with E-state index in [0.29, 0.717) is 12.5 Å². The number of aromatic hydroxyl groups is 1. The lowest BCUT2D eigenvalue weighted by Gasteiger charge is -2.09. The zero-order valence-electron chi connectivity index (χ0n) is 12.5. The first-order valence-electron chi connectivity index (χ1n) is 7.16. The second-order valence-corrected chi connectivity index (χ2v) is 5.14. The van der Waals surface area contributed by atoms with Crippen molar-refractivity contribution in [2.45, 2.75) is 20.4 Å². The number of hydrogen-bond donors (Lipinski definition) is 2. The number of aryl methyl sites for hydroxylation is 2. The number of imidazole rings is 1. The van der Waals surface area contributed by atoms with Crippen molar-refractivity contribution in [2.75, 3.05) is 5.32 Å². The van der Waals surface area contributed by atoms with E-state index in [1.165, 1.54) is 0 Å². The Hall–Kier alpha value is -2.82. The molecule has 1 aromatic heterocycles. The summed E-state index contributed by atoms with van der Waals surface area (Å²) in [4.78, 5) is 16.8. The summed E-state index contributed by atoms with van der Waals surface area (Å²) in [7, 11) is 0. The molecule has 0 saturated heterocycles. The molecule has 2 N–H and O–H groups in total. The number of amides is 1. The van der Waals surface area contributed by atoms with Gasteiger partial charge < -0.3 is 9.67 Å². The van der Waals surface area contributed by atoms with E-state index in [1.54, 1.807) is 18.2 Å². The standard InChI is InChI=1S/C17H17N3O2/c1-3-20-14-7-5-4-6-13(14)18-17(20)19-16(22)12-9-8-11(2)10-15(12)21/h4-10,21H,3H2,1-2H3,(H,18,19,22). The highest BCUT2D eigenvalue weighted by Crippen LogP contribution is 2.22. The van der Waals surface area contributed by atoms with E-state index in [9.17, 15) is 9.90 Å². The molecule has 0 bridgehead atoms. The molecule has 5 heteroatoms. The van der Waals surface area contributed by atoms with Crippen LogP contribution in [0, 0.1) is 6.92 Å². The Morgan fingerprint density at radius 1 is 1.27 bits per heavy atom. The highest BCUT2D eigenvalue weighted by molar-refractivity contribution is 6.06. The lowest BCUT2D eigenvalue weighted by Crippen LogP contribution is -2.16. The summed E-state index contributed by atoms with van der Waals surface area (Å²) in [6.45, 7) is 4.54. The third-order valence-electron chi connectivity index (χ3n) is 3.59. The zero-order chi connectivity index (χ0) is 15.7. The van der Waals surface area contributed by atoms with Gasteiger partial charge in [0, 0.05) is 6.54 Å². The van der Waals surface area contributed by atoms with E-state index >= 15 is 0 Å². The fourth-order valence-electron chi connectivity index (χ4n) is 2.49. The maximum absolute atomic E-state index is 12.4. The molecule has 112 valence electrons. The van der Waals surface area contributed by atoms with Gasteiger partial charge in [0.15, 0.2) is 0 Å². The van der Waals surface area contributed by atoms with Gasteiger partial charge in [0.25, 0.3) is 5.91 Å². The Balaban J connectivity index is 1.97. The SMILES string of the molecule is CCn1c(NC(=O)c2ccc(C)cc2O)nc2ccccc21. The fraction of sp³-hybridized carbons (Fsp3) is 0.176. The summed E-state index contributed by atoms with van der Waals surface area (Å²) in [5.74, 6) is 0.0767. The number of para-hydroxylation sites is 2. The van der Waals surface area contributed by atoms with E-state index in [4.69, 9.17) is 0 Å². The molecule has 1 heterocycles. The smallest absolute Gasteiger partial charge is 0.261 e. The molecule has 22 heavy (non-hydrogen) atoms. The fourth-order valence-corrected chi connectivity index (χ4v) is 2.49. The van der Waals surface area contributed by atoms with Gasteiger partial charge in [0.05, 0.1) is 16.6 Å². The summed E-state index contributed by atoms with van der Waals surface area (Å²) in [6, 6.07) is 12.7. The summed E-state index contributed by atoms with van der Waals surface area (Å²) in [6.07, 6.45) is 0. The normalized spacial score (nSPS) is 10.8. The van der Waals surface area contributed by atoms with Gasteiger partial charge in [-0.15, -0.1) is 0 Å². The average molecular weight is 295 g/mol. The van der Waals surface area contributed by atoms with Crippen molar-refractivity contribution in [3.63, 3.8) is 0 Å². The highest BCUT2D eigenvalue weighted by Gasteiger charge is 2.15. The summed E-state index contributed by atoms with van der Waals surface area (Å²) in [5.41, 5.74) is 2.93. The Morgan fingerprint density at radius 3 is 2.77 bits per heavy atom. The van der Waals surface area contributed by atoms with Crippen LogP contribution in [0.5, 0.6) is 5.75 Å². The molecule has 0 saturated carbocycles. The Morgan fingerprint density at radius 2 is 2.05 bits per heavy atom. The van der Waals surface area contributed by atoms with E-state index in [-0.39, 0.29) is 17.2 Å². The third kappa shape index (κ3) is 2.41. The van der Waals surface area contributed by atoms with Gasteiger partial charge >= 0.3 is 0 Å². The number of fused-ring (bicyclic) bond motifs is 1. The predicted molar refractivity (Wildman–Crippen MR) is 86.2 cm³/mol. The minimum atomic E-state index is -0.373. The topological polar surface area (TPSA) is 67.2 Å². The van der Waals surface area contributed by atoms with Crippen LogP contribution in [0.25, 0.3) is 11.0 Å². The molecule has 0 radical (unpaired) electrons. The van der Waals surface area contributed by atoms with Gasteiger partial charge in [-0.2, -0.15) is 0 Å². The number of nitrogens with zero attached hydrogens (tertiary/aromatic N) is 2. The third-order valence-corrected chi connectivity index (χ3v) is 3.59. The van der Waals surface area contributed by atoms with E-state index in [2.05, 4.69) is 10.3 Å². The molecule has 1 amide bonds. The van der Waals surface area contributed by atoms with Crippen LogP contribution in [0.15, 0.2) is 42.5 Å². The number of carbonyl (C=O) groups is 1. The van der Waals surface area contributed by atoms with Crippen LogP contribution in [0.3, 0.4) is 0 Å². The zero-order valence-corrected chi connectivity index (χ0v) is 12.5. The summed E-state index contributed by atoms with van der Waals surface area (Å²) >= 11 is 0. The number of anilines is 1. The number of aromatic nitrogens is 2. The van der Waals surface area contributed by atoms with Crippen molar-refractivity contribution in [3.05, 3.63) is 53.6 Å². The number of phenols is 1. The number of nitrogens with one attached hydrogen (secondary N) is 1. The van der Waals surface area contributed by atoms with Gasteiger partial charge in [-0.3, -0.25) is 10.1 Å². The van der Waals surface area contributed by atoms with Crippen LogP contribution < -0.4 is 5.32 Å². The van der Waals surface area contributed by atoms with Crippen LogP contribution in [-0.2, 0) is 6.54 Å². The molecule has 0 aliphatic heterocycles. The minimum absolute atomic E-state index is 0.0309. The predicted octanol–water partition coefficient (Wildman–Crippen LogP) is 3.32. The largest absolute Gasteiger partial charge is 0.507 e. The first-order chi connectivity index (χ1) is 10.6. The molecule has 0 unspecified atom stereocenters. The first kappa shape index (κ1) is 14.1. The van der Waals surface area contributed by atoms with Gasteiger partial charge in [0.1, 0.15) is 5.75 Å². The second kappa shape index (κ2) is 5.52. The molecule has 0 spiro atoms. The summed E-state index contributed by atoms with van der Waals surface area (Å²) < 4.78 is 1.93. The molecule has 3 rings (SSSR count). The molecule has 2 aromatic carbocycles. The molecule has 0 aliphatic rings. The van der Waals surface area contributed by atoms with Crippen molar-refractivity contribution in [3.8, 4) is 5.75 Å². The minimum Gasteiger partial charge on any atom is -0.507 e. The molecule has 0 atom stereocenters. The maximum Gasteiger partial charge on any atom is 0.261 e. The molecular weight excluding hydrogens is 278 g/mol. The lowest BCUT2D eigenvalue weighted by molar-refractivity contribution is 0.102. The molecule has 0 aliphatic carbocycles. The number of rotatable bonds is 3. The van der Waals surface area contributed by atoms with Crippen molar-refractivity contribution in [1.29, 1.82) is 0 Å². The second-order valence-electron chi connectivity index (χ2n) is 5.14. The molecule has 0 fully saturated rings. The number of phenolic OH excluding ortho intramolecular Hbond substituents is 1. The number of hydrogen-bond acceptors (Lipinski definition) is 3. The Kier molecular flexibility index (Phi) is 3.55. The first-order valence-corrected chi connectivity index (χ1v) is 7.16. The number of benzene rings is 2. The van der Waals surface area contributed by atoms with Crippen LogP contribution in [-0.4, -0.2) is 20.6 Å². The Labute approximate surface area is 128 Å². The van der Waals surface area contributed by atoms with E-state index in [1.807, 2.05) is 42.7 Å². The monoisotopic (exact) mass is 295 g/mol. The van der Waals surface area contributed by atoms with Crippen molar-refractivity contribution >= 4 is 22.9 Å². The molecule has 3 aromatic rings. The van der Waals surface area contributed by atoms with E-state index < -0.39 is 0 Å². The Bertz CT molecular complexity index is 852. The van der Waals surface area contributed by atoms with Gasteiger partial charge in [0.2, 0.25) is 5.95 Å². The number of carbonyl (C=O) groups excluding carboxylic acids is 1.